The molecule has 0 spiro atoms. The van der Waals surface area contributed by atoms with Crippen molar-refractivity contribution >= 4 is 6.03 Å². The maximum absolute atomic E-state index is 13.8. The van der Waals surface area contributed by atoms with Crippen molar-refractivity contribution in [2.24, 2.45) is 5.92 Å². The number of carbonyl (C=O) groups excluding carboxylic acids is 1. The van der Waals surface area contributed by atoms with Gasteiger partial charge in [0.05, 0.1) is 6.04 Å². The van der Waals surface area contributed by atoms with Crippen LogP contribution in [0, 0.1) is 17.6 Å². The van der Waals surface area contributed by atoms with Crippen LogP contribution in [0.4, 0.5) is 13.6 Å². The first kappa shape index (κ1) is 17.7. The van der Waals surface area contributed by atoms with Gasteiger partial charge in [-0.15, -0.1) is 0 Å². The summed E-state index contributed by atoms with van der Waals surface area (Å²) in [6.45, 7) is 1.82. The van der Waals surface area contributed by atoms with Gasteiger partial charge in [0, 0.05) is 25.3 Å². The van der Waals surface area contributed by atoms with Crippen LogP contribution in [-0.2, 0) is 0 Å². The van der Waals surface area contributed by atoms with Crippen LogP contribution in [0.15, 0.2) is 18.2 Å². The Labute approximate surface area is 135 Å². The van der Waals surface area contributed by atoms with Crippen molar-refractivity contribution in [2.75, 3.05) is 13.7 Å². The number of carbonyl (C=O) groups is 1. The number of nitrogens with one attached hydrogen (secondary N) is 1. The summed E-state index contributed by atoms with van der Waals surface area (Å²) in [6, 6.07) is 3.15. The molecule has 0 bridgehead atoms. The monoisotopic (exact) mass is 326 g/mol. The topological polar surface area (TPSA) is 52.6 Å². The van der Waals surface area contributed by atoms with E-state index < -0.39 is 17.7 Å². The molecular weight excluding hydrogens is 302 g/mol. The van der Waals surface area contributed by atoms with Crippen LogP contribution in [0.1, 0.15) is 44.2 Å². The zero-order valence-electron chi connectivity index (χ0n) is 13.6. The molecule has 4 nitrogen and oxygen atoms in total. The molecule has 1 aromatic rings. The van der Waals surface area contributed by atoms with E-state index in [0.29, 0.717) is 5.92 Å². The number of hydrogen-bond donors (Lipinski definition) is 2. The van der Waals surface area contributed by atoms with Crippen LogP contribution >= 0.6 is 0 Å². The van der Waals surface area contributed by atoms with Gasteiger partial charge in [0.1, 0.15) is 0 Å². The molecule has 0 aromatic heterocycles. The number of halogens is 2. The van der Waals surface area contributed by atoms with Crippen LogP contribution < -0.4 is 5.32 Å². The van der Waals surface area contributed by atoms with Gasteiger partial charge in [-0.25, -0.2) is 13.6 Å². The Balaban J connectivity index is 1.94. The fraction of sp³-hybridized carbons (Fsp3) is 0.588. The fourth-order valence-corrected chi connectivity index (χ4v) is 3.10. The molecule has 0 saturated heterocycles. The van der Waals surface area contributed by atoms with Crippen molar-refractivity contribution in [3.05, 3.63) is 35.4 Å². The van der Waals surface area contributed by atoms with Crippen molar-refractivity contribution in [3.8, 4) is 0 Å². The second kappa shape index (κ2) is 7.73. The number of aliphatic hydroxyl groups excluding tert-OH is 1. The Kier molecular flexibility index (Phi) is 5.93. The van der Waals surface area contributed by atoms with E-state index in [1.165, 1.54) is 12.1 Å². The summed E-state index contributed by atoms with van der Waals surface area (Å²) in [5.41, 5.74) is 0.135. The average Bonchev–Trinajstić information content (AvgIpc) is 2.56. The van der Waals surface area contributed by atoms with Gasteiger partial charge in [-0.2, -0.15) is 0 Å². The lowest BCUT2D eigenvalue weighted by atomic mass is 9.86. The summed E-state index contributed by atoms with van der Waals surface area (Å²) in [7, 11) is 1.72. The van der Waals surface area contributed by atoms with Gasteiger partial charge in [-0.3, -0.25) is 0 Å². The van der Waals surface area contributed by atoms with Gasteiger partial charge < -0.3 is 15.3 Å². The molecule has 0 radical (unpaired) electrons. The number of benzene rings is 1. The third-order valence-corrected chi connectivity index (χ3v) is 4.73. The van der Waals surface area contributed by atoms with Gasteiger partial charge >= 0.3 is 6.03 Å². The number of urea groups is 1. The summed E-state index contributed by atoms with van der Waals surface area (Å²) in [6.07, 6.45) is 3.48. The summed E-state index contributed by atoms with van der Waals surface area (Å²) in [5, 5.41) is 11.9. The standard InChI is InChI=1S/C17H24F2N2O2/c1-11(14-4-3-5-15(18)16(14)19)20-17(23)21(2)13-8-6-12(10-22)7-9-13/h3-5,11-13,22H,6-10H2,1-2H3,(H,20,23). The molecule has 2 rings (SSSR count). The zero-order valence-corrected chi connectivity index (χ0v) is 13.6. The van der Waals surface area contributed by atoms with E-state index in [1.807, 2.05) is 0 Å². The average molecular weight is 326 g/mol. The first-order valence-corrected chi connectivity index (χ1v) is 8.02. The first-order valence-electron chi connectivity index (χ1n) is 8.02. The maximum Gasteiger partial charge on any atom is 0.317 e. The second-order valence-corrected chi connectivity index (χ2v) is 6.28. The molecule has 2 amide bonds. The van der Waals surface area contributed by atoms with Gasteiger partial charge in [0.15, 0.2) is 11.6 Å². The van der Waals surface area contributed by atoms with Crippen LogP contribution in [0.5, 0.6) is 0 Å². The van der Waals surface area contributed by atoms with Crippen molar-refractivity contribution in [1.82, 2.24) is 10.2 Å². The molecular formula is C17H24F2N2O2. The van der Waals surface area contributed by atoms with Crippen molar-refractivity contribution in [1.29, 1.82) is 0 Å². The third kappa shape index (κ3) is 4.19. The highest BCUT2D eigenvalue weighted by Gasteiger charge is 2.27. The molecule has 1 fully saturated rings. The first-order chi connectivity index (χ1) is 10.9. The lowest BCUT2D eigenvalue weighted by Gasteiger charge is -2.34. The molecule has 1 aliphatic carbocycles. The quantitative estimate of drug-likeness (QED) is 0.892. The van der Waals surface area contributed by atoms with E-state index in [2.05, 4.69) is 5.32 Å². The van der Waals surface area contributed by atoms with E-state index in [4.69, 9.17) is 5.11 Å². The SMILES string of the molecule is CC(NC(=O)N(C)C1CCC(CO)CC1)c1cccc(F)c1F. The minimum Gasteiger partial charge on any atom is -0.396 e. The molecule has 0 heterocycles. The summed E-state index contributed by atoms with van der Waals surface area (Å²) >= 11 is 0. The highest BCUT2D eigenvalue weighted by molar-refractivity contribution is 5.74. The number of amides is 2. The normalized spacial score (nSPS) is 22.5. The van der Waals surface area contributed by atoms with Gasteiger partial charge in [0.25, 0.3) is 0 Å². The Morgan fingerprint density at radius 3 is 2.61 bits per heavy atom. The van der Waals surface area contributed by atoms with Crippen LogP contribution in [0.3, 0.4) is 0 Å². The maximum atomic E-state index is 13.8. The van der Waals surface area contributed by atoms with Crippen molar-refractivity contribution in [2.45, 2.75) is 44.7 Å². The lowest BCUT2D eigenvalue weighted by molar-refractivity contribution is 0.133. The van der Waals surface area contributed by atoms with Gasteiger partial charge in [0.2, 0.25) is 0 Å². The molecule has 128 valence electrons. The number of nitrogens with zero attached hydrogens (tertiary/aromatic N) is 1. The van der Waals surface area contributed by atoms with Crippen molar-refractivity contribution in [3.63, 3.8) is 0 Å². The summed E-state index contributed by atoms with van der Waals surface area (Å²) in [5.74, 6) is -1.52. The summed E-state index contributed by atoms with van der Waals surface area (Å²) < 4.78 is 27.1. The Hall–Kier alpha value is -1.69. The minimum absolute atomic E-state index is 0.113. The second-order valence-electron chi connectivity index (χ2n) is 6.28. The molecule has 1 unspecified atom stereocenters. The highest BCUT2D eigenvalue weighted by Crippen LogP contribution is 2.27. The van der Waals surface area contributed by atoms with Crippen LogP contribution in [-0.4, -0.2) is 35.7 Å². The van der Waals surface area contributed by atoms with Gasteiger partial charge in [-0.1, -0.05) is 12.1 Å². The Morgan fingerprint density at radius 1 is 1.35 bits per heavy atom. The predicted molar refractivity (Wildman–Crippen MR) is 83.9 cm³/mol. The number of aliphatic hydroxyl groups is 1. The third-order valence-electron chi connectivity index (χ3n) is 4.73. The molecule has 0 aliphatic heterocycles. The molecule has 1 atom stereocenters. The van der Waals surface area contributed by atoms with E-state index in [-0.39, 0.29) is 24.2 Å². The van der Waals surface area contributed by atoms with E-state index >= 15 is 0 Å². The Bertz CT molecular complexity index is 545. The highest BCUT2D eigenvalue weighted by atomic mass is 19.2. The molecule has 6 heteroatoms. The Morgan fingerprint density at radius 2 is 2.00 bits per heavy atom. The van der Waals surface area contributed by atoms with E-state index in [1.54, 1.807) is 18.9 Å². The zero-order chi connectivity index (χ0) is 17.0. The predicted octanol–water partition coefficient (Wildman–Crippen LogP) is 3.22. The molecule has 1 saturated carbocycles. The molecule has 1 aliphatic rings. The largest absolute Gasteiger partial charge is 0.396 e. The fourth-order valence-electron chi connectivity index (χ4n) is 3.10. The van der Waals surface area contributed by atoms with Crippen LogP contribution in [0.25, 0.3) is 0 Å². The lowest BCUT2D eigenvalue weighted by Crippen LogP contribution is -2.46. The van der Waals surface area contributed by atoms with E-state index in [9.17, 15) is 13.6 Å². The molecule has 23 heavy (non-hydrogen) atoms. The number of hydrogen-bond acceptors (Lipinski definition) is 2. The van der Waals surface area contributed by atoms with Gasteiger partial charge in [-0.05, 0) is 44.6 Å². The molecule has 1 aromatic carbocycles. The number of rotatable bonds is 4. The smallest absolute Gasteiger partial charge is 0.317 e. The van der Waals surface area contributed by atoms with Crippen molar-refractivity contribution < 1.29 is 18.7 Å². The van der Waals surface area contributed by atoms with Crippen LogP contribution in [0.2, 0.25) is 0 Å². The minimum atomic E-state index is -0.925. The molecule has 2 N–H and O–H groups in total. The summed E-state index contributed by atoms with van der Waals surface area (Å²) in [4.78, 5) is 13.9. The van der Waals surface area contributed by atoms with E-state index in [0.717, 1.165) is 31.7 Å².